The number of nitrogens with zero attached hydrogens (tertiary/aromatic N) is 2. The molecule has 14 rings (SSSR count). The Morgan fingerprint density at radius 3 is 1.69 bits per heavy atom. The van der Waals surface area contributed by atoms with Gasteiger partial charge in [0.25, 0.3) is 0 Å². The first kappa shape index (κ1) is 38.7. The Balaban J connectivity index is 1.21. The standard InChI is InChI=1S/C63H49BN2O/c1-61(2,3)38-27-30-40(31-28-38)66-56-37-41(65-54-24-14-9-19-44(54)45-20-10-15-25-55(45)65)36-51-58(56)64(52-34-32-47-46-21-11-16-26-57(46)67-60(47)59(52)66)53-35-39(62(4,5)6)29-33-50(53)63(51)48-22-12-7-17-42(48)43-18-8-13-23-49(43)63/h7-37H,1-6H3. The number of benzene rings is 9. The first-order valence-corrected chi connectivity index (χ1v) is 23.9. The topological polar surface area (TPSA) is 21.3 Å². The lowest BCUT2D eigenvalue weighted by molar-refractivity contribution is 0.590. The molecule has 3 aliphatic rings. The number of aromatic nitrogens is 1. The Kier molecular flexibility index (Phi) is 7.68. The third kappa shape index (κ3) is 5.08. The SMILES string of the molecule is CC(C)(C)c1ccc(N2c3cc(-n4c5ccccc5c5ccccc54)cc4c3B(c3cc(C(C)(C)C)ccc3C43c4ccccc4-c4ccccc43)c3ccc4c(oc5ccccc54)c32)cc1. The smallest absolute Gasteiger partial charge is 0.247 e. The molecular weight excluding hydrogens is 812 g/mol. The quantitative estimate of drug-likeness (QED) is 0.162. The van der Waals surface area contributed by atoms with Crippen LogP contribution in [-0.4, -0.2) is 11.3 Å². The highest BCUT2D eigenvalue weighted by atomic mass is 16.3. The lowest BCUT2D eigenvalue weighted by Gasteiger charge is -2.48. The van der Waals surface area contributed by atoms with Gasteiger partial charge in [-0.2, -0.15) is 0 Å². The van der Waals surface area contributed by atoms with Crippen LogP contribution in [0.3, 0.4) is 0 Å². The molecule has 0 radical (unpaired) electrons. The molecule has 0 fully saturated rings. The Labute approximate surface area is 392 Å². The van der Waals surface area contributed by atoms with Gasteiger partial charge in [-0.25, -0.2) is 0 Å². The van der Waals surface area contributed by atoms with Gasteiger partial charge < -0.3 is 13.9 Å². The second kappa shape index (κ2) is 13.3. The number of fused-ring (bicyclic) bond motifs is 18. The van der Waals surface area contributed by atoms with E-state index in [0.29, 0.717) is 0 Å². The van der Waals surface area contributed by atoms with Gasteiger partial charge >= 0.3 is 0 Å². The minimum atomic E-state index is -0.614. The van der Waals surface area contributed by atoms with E-state index in [0.717, 1.165) is 39.0 Å². The molecule has 1 spiro atoms. The second-order valence-electron chi connectivity index (χ2n) is 21.2. The number of anilines is 3. The van der Waals surface area contributed by atoms with Gasteiger partial charge in [0.2, 0.25) is 6.71 Å². The summed E-state index contributed by atoms with van der Waals surface area (Å²) in [6.45, 7) is 13.9. The van der Waals surface area contributed by atoms with Crippen LogP contribution in [0.25, 0.3) is 60.6 Å². The third-order valence-electron chi connectivity index (χ3n) is 15.6. The number of hydrogen-bond donors (Lipinski definition) is 0. The maximum atomic E-state index is 7.16. The first-order chi connectivity index (χ1) is 32.5. The van der Waals surface area contributed by atoms with Crippen LogP contribution in [0.5, 0.6) is 0 Å². The molecule has 0 saturated heterocycles. The second-order valence-corrected chi connectivity index (χ2v) is 21.2. The molecule has 0 unspecified atom stereocenters. The zero-order chi connectivity index (χ0) is 45.1. The normalized spacial score (nSPS) is 14.5. The van der Waals surface area contributed by atoms with Crippen LogP contribution < -0.4 is 21.3 Å². The maximum absolute atomic E-state index is 7.16. The Morgan fingerprint density at radius 2 is 1.03 bits per heavy atom. The van der Waals surface area contributed by atoms with Gasteiger partial charge in [-0.3, -0.25) is 0 Å². The summed E-state index contributed by atoms with van der Waals surface area (Å²) >= 11 is 0. The fourth-order valence-corrected chi connectivity index (χ4v) is 12.6. The molecule has 0 saturated carbocycles. The molecular formula is C63H49BN2O. The minimum Gasteiger partial charge on any atom is -0.454 e. The van der Waals surface area contributed by atoms with Crippen molar-refractivity contribution in [3.8, 4) is 16.8 Å². The Hall–Kier alpha value is -7.56. The third-order valence-corrected chi connectivity index (χ3v) is 15.6. The first-order valence-electron chi connectivity index (χ1n) is 23.9. The molecule has 9 aromatic carbocycles. The van der Waals surface area contributed by atoms with Crippen LogP contribution in [-0.2, 0) is 16.2 Å². The van der Waals surface area contributed by atoms with Crippen LogP contribution in [0, 0.1) is 0 Å². The van der Waals surface area contributed by atoms with E-state index < -0.39 is 5.41 Å². The van der Waals surface area contributed by atoms with Gasteiger partial charge in [0.15, 0.2) is 5.58 Å². The van der Waals surface area contributed by atoms with Crippen molar-refractivity contribution >= 4 is 83.9 Å². The van der Waals surface area contributed by atoms with Crippen molar-refractivity contribution in [1.82, 2.24) is 4.57 Å². The molecule has 320 valence electrons. The van der Waals surface area contributed by atoms with E-state index in [4.69, 9.17) is 4.42 Å². The molecule has 11 aromatic rings. The molecule has 2 aromatic heterocycles. The number of hydrogen-bond acceptors (Lipinski definition) is 2. The highest BCUT2D eigenvalue weighted by molar-refractivity contribution is 6.99. The van der Waals surface area contributed by atoms with Gasteiger partial charge in [0.1, 0.15) is 5.58 Å². The fourth-order valence-electron chi connectivity index (χ4n) is 12.6. The summed E-state index contributed by atoms with van der Waals surface area (Å²) in [5, 5.41) is 4.75. The van der Waals surface area contributed by atoms with Gasteiger partial charge in [0, 0.05) is 38.6 Å². The summed E-state index contributed by atoms with van der Waals surface area (Å²) in [5.41, 5.74) is 22.6. The summed E-state index contributed by atoms with van der Waals surface area (Å²) in [4.78, 5) is 2.57. The summed E-state index contributed by atoms with van der Waals surface area (Å²) in [7, 11) is 0. The molecule has 0 amide bonds. The van der Waals surface area contributed by atoms with E-state index in [-0.39, 0.29) is 17.5 Å². The molecule has 4 heteroatoms. The van der Waals surface area contributed by atoms with Crippen LogP contribution in [0.1, 0.15) is 74.9 Å². The Bertz CT molecular complexity index is 3810. The number of furan rings is 1. The van der Waals surface area contributed by atoms with E-state index in [1.807, 2.05) is 0 Å². The van der Waals surface area contributed by atoms with E-state index in [2.05, 4.69) is 239 Å². The van der Waals surface area contributed by atoms with Gasteiger partial charge in [-0.05, 0) is 109 Å². The average Bonchev–Trinajstić information content (AvgIpc) is 3.99. The van der Waals surface area contributed by atoms with Gasteiger partial charge in [-0.1, -0.05) is 193 Å². The lowest BCUT2D eigenvalue weighted by atomic mass is 9.29. The molecule has 0 N–H and O–H groups in total. The molecule has 0 atom stereocenters. The zero-order valence-electron chi connectivity index (χ0n) is 38.8. The van der Waals surface area contributed by atoms with Crippen LogP contribution in [0.2, 0.25) is 0 Å². The fraction of sp³-hybridized carbons (Fsp3) is 0.143. The summed E-state index contributed by atoms with van der Waals surface area (Å²) < 4.78 is 9.68. The molecule has 3 nitrogen and oxygen atoms in total. The largest absolute Gasteiger partial charge is 0.454 e. The molecule has 0 bridgehead atoms. The highest BCUT2D eigenvalue weighted by Gasteiger charge is 2.55. The number of rotatable bonds is 2. The average molecular weight is 861 g/mol. The molecule has 1 aliphatic carbocycles. The summed E-state index contributed by atoms with van der Waals surface area (Å²) in [6.07, 6.45) is 0. The summed E-state index contributed by atoms with van der Waals surface area (Å²) in [6, 6.07) is 71.5. The minimum absolute atomic E-state index is 0.00480. The predicted octanol–water partition coefficient (Wildman–Crippen LogP) is 14.3. The van der Waals surface area contributed by atoms with E-state index >= 15 is 0 Å². The van der Waals surface area contributed by atoms with Crippen molar-refractivity contribution in [3.63, 3.8) is 0 Å². The van der Waals surface area contributed by atoms with E-state index in [1.54, 1.807) is 0 Å². The molecule has 4 heterocycles. The maximum Gasteiger partial charge on any atom is 0.247 e. The highest BCUT2D eigenvalue weighted by Crippen LogP contribution is 2.58. The Morgan fingerprint density at radius 1 is 0.448 bits per heavy atom. The number of para-hydroxylation sites is 3. The lowest BCUT2D eigenvalue weighted by Crippen LogP contribution is -2.65. The predicted molar refractivity (Wildman–Crippen MR) is 282 cm³/mol. The van der Waals surface area contributed by atoms with Crippen molar-refractivity contribution < 1.29 is 4.42 Å². The van der Waals surface area contributed by atoms with Gasteiger partial charge in [0.05, 0.1) is 22.1 Å². The van der Waals surface area contributed by atoms with E-state index in [9.17, 15) is 0 Å². The van der Waals surface area contributed by atoms with Crippen LogP contribution >= 0.6 is 0 Å². The zero-order valence-corrected chi connectivity index (χ0v) is 38.8. The molecule has 67 heavy (non-hydrogen) atoms. The van der Waals surface area contributed by atoms with Gasteiger partial charge in [-0.15, -0.1) is 0 Å². The monoisotopic (exact) mass is 860 g/mol. The van der Waals surface area contributed by atoms with Crippen molar-refractivity contribution in [3.05, 3.63) is 221 Å². The van der Waals surface area contributed by atoms with Crippen molar-refractivity contribution in [2.75, 3.05) is 4.90 Å². The van der Waals surface area contributed by atoms with Crippen LogP contribution in [0.15, 0.2) is 192 Å². The van der Waals surface area contributed by atoms with Crippen molar-refractivity contribution in [2.24, 2.45) is 0 Å². The molecule has 2 aliphatic heterocycles. The van der Waals surface area contributed by atoms with Crippen molar-refractivity contribution in [1.29, 1.82) is 0 Å². The van der Waals surface area contributed by atoms with Crippen LogP contribution in [0.4, 0.5) is 17.1 Å². The summed E-state index contributed by atoms with van der Waals surface area (Å²) in [5.74, 6) is 0. The van der Waals surface area contributed by atoms with E-state index in [1.165, 1.54) is 88.4 Å². The van der Waals surface area contributed by atoms with Crippen molar-refractivity contribution in [2.45, 2.75) is 57.8 Å².